The highest BCUT2D eigenvalue weighted by atomic mass is 16.7. The number of unbranched alkanes of at least 4 members (excludes halogenated alkanes) is 2. The third-order valence-electron chi connectivity index (χ3n) is 21.5. The van der Waals surface area contributed by atoms with Crippen molar-refractivity contribution in [2.75, 3.05) is 132 Å². The molecule has 8 aromatic rings. The summed E-state index contributed by atoms with van der Waals surface area (Å²) < 4.78 is 69.4. The van der Waals surface area contributed by atoms with Crippen LogP contribution in [0.5, 0.6) is 0 Å². The molecule has 144 heavy (non-hydrogen) atoms. The number of aromatic nitrogens is 18. The average molecular weight is 2010 g/mol. The Morgan fingerprint density at radius 1 is 0.417 bits per heavy atom. The van der Waals surface area contributed by atoms with Gasteiger partial charge in [-0.1, -0.05) is 95.1 Å². The summed E-state index contributed by atoms with van der Waals surface area (Å²) in [7, 11) is 0. The molecule has 0 radical (unpaired) electrons. The fraction of sp³-hybridized carbons (Fsp3) is 0.570. The van der Waals surface area contributed by atoms with Gasteiger partial charge in [0.05, 0.1) is 169 Å². The highest BCUT2D eigenvalue weighted by Crippen LogP contribution is 2.26. The highest BCUT2D eigenvalue weighted by Gasteiger charge is 2.47. The number of ketones is 2. The predicted molar refractivity (Wildman–Crippen MR) is 504 cm³/mol. The summed E-state index contributed by atoms with van der Waals surface area (Å²) in [6.45, 7) is 6.71. The minimum atomic E-state index is -1.41. The summed E-state index contributed by atoms with van der Waals surface area (Å²) in [5.41, 5.74) is 11.9. The van der Waals surface area contributed by atoms with E-state index >= 15 is 0 Å². The van der Waals surface area contributed by atoms with Crippen LogP contribution in [0.25, 0.3) is 34.2 Å². The van der Waals surface area contributed by atoms with E-state index in [0.29, 0.717) is 126 Å². The number of aliphatic hydroxyl groups is 6. The Morgan fingerprint density at radius 3 is 1.10 bits per heavy atom. The standard InChI is InChI=1S/C56H86N14O21.C28H34N6O5.C9H9N5/c1-36(73)60-48-52(80)50(78)44(31-71)90-55(48)88-27-25-84-23-21-82-19-15-69-29-40(63-67-69)33-86-17-12-46(76)57-14-4-3-5-42(43(75)11-8-38-6-9-39(10-7-38)54-65-58-35-59-66-54)62-47(77)13-18-87-34-41-30-70(68-64-41)16-20-83-22-24-85-26-28-89-56-49(61-37(2)74)53(81)51(79)45(32-72)91-56;1-3-17-38-19-14-26(36)29-16-6-5-7-24(32-27(37)15-20-39-18-4-2)25(35)13-10-22-8-11-23(12-9-22)28-33-30-21-31-34-28;10-5-7-1-3-8(4-2-7)9-13-11-6-12-14-9/h6-7,9-10,29-30,35,42,44-45,48-53,55-56,71-72,78-81H,3-5,8,11-28,31-34H2,1-2H3,(H,57,76)(H,60,73)(H,61,74)(H,62,77);1-2,8-9,11-12,21,24H,5-7,10,13-20H2,(H,29,36)(H,32,37);1-4,6H,5,10H2/t42?,44-,45-,48-,49-,50+,51+,52-,53-,55?,56?;;/m1../s1. The lowest BCUT2D eigenvalue weighted by Gasteiger charge is -2.42. The van der Waals surface area contributed by atoms with Gasteiger partial charge in [0.25, 0.3) is 0 Å². The summed E-state index contributed by atoms with van der Waals surface area (Å²) >= 11 is 0. The first-order chi connectivity index (χ1) is 70.0. The molecule has 7 heterocycles. The molecule has 5 aromatic heterocycles. The first-order valence-electron chi connectivity index (χ1n) is 47.0. The van der Waals surface area contributed by atoms with Crippen LogP contribution >= 0.6 is 0 Å². The number of nitrogens with one attached hydrogen (secondary N) is 6. The number of hydrogen-bond acceptors (Lipinski definition) is 43. The van der Waals surface area contributed by atoms with Crippen molar-refractivity contribution >= 4 is 47.0 Å². The molecule has 10 rings (SSSR count). The largest absolute Gasteiger partial charge is 0.394 e. The van der Waals surface area contributed by atoms with Gasteiger partial charge in [0.2, 0.25) is 52.9 Å². The Kier molecular flexibility index (Phi) is 55.4. The Labute approximate surface area is 831 Å². The van der Waals surface area contributed by atoms with Crippen LogP contribution < -0.4 is 37.6 Å². The van der Waals surface area contributed by atoms with E-state index < -0.39 is 98.4 Å². The second-order valence-corrected chi connectivity index (χ2v) is 32.4. The van der Waals surface area contributed by atoms with Gasteiger partial charge in [0, 0.05) is 75.9 Å². The summed E-state index contributed by atoms with van der Waals surface area (Å²) in [5.74, 6) is 3.90. The lowest BCUT2D eigenvalue weighted by atomic mass is 9.97. The molecule has 14 N–H and O–H groups in total. The zero-order chi connectivity index (χ0) is 103. The summed E-state index contributed by atoms with van der Waals surface area (Å²) in [5, 5.41) is 139. The van der Waals surface area contributed by atoms with Crippen LogP contribution in [0.1, 0.15) is 119 Å². The zero-order valence-electron chi connectivity index (χ0n) is 80.5. The van der Waals surface area contributed by atoms with Crippen molar-refractivity contribution in [1.29, 1.82) is 0 Å². The van der Waals surface area contributed by atoms with Crippen LogP contribution in [0.3, 0.4) is 0 Å². The van der Waals surface area contributed by atoms with Gasteiger partial charge < -0.3 is 125 Å². The molecule has 2 fully saturated rings. The zero-order valence-corrected chi connectivity index (χ0v) is 80.5. The van der Waals surface area contributed by atoms with Gasteiger partial charge in [-0.3, -0.25) is 38.4 Å². The summed E-state index contributed by atoms with van der Waals surface area (Å²) in [6, 6.07) is 19.1. The van der Waals surface area contributed by atoms with E-state index in [2.05, 4.69) is 126 Å². The quantitative estimate of drug-likeness (QED) is 0.0136. The summed E-state index contributed by atoms with van der Waals surface area (Å²) in [4.78, 5) is 100. The van der Waals surface area contributed by atoms with Gasteiger partial charge in [-0.05, 0) is 68.1 Å². The third kappa shape index (κ3) is 45.1. The number of nitrogens with two attached hydrogens (primary N) is 1. The van der Waals surface area contributed by atoms with Gasteiger partial charge >= 0.3 is 0 Å². The molecule has 51 nitrogen and oxygen atoms in total. The number of amides is 6. The smallest absolute Gasteiger partial charge is 0.222 e. The van der Waals surface area contributed by atoms with Crippen molar-refractivity contribution in [3.8, 4) is 58.9 Å². The molecule has 2 saturated heterocycles. The van der Waals surface area contributed by atoms with Crippen LogP contribution in [0.15, 0.2) is 104 Å². The minimum absolute atomic E-state index is 0.0148. The van der Waals surface area contributed by atoms with Gasteiger partial charge in [-0.15, -0.1) is 84.2 Å². The van der Waals surface area contributed by atoms with Crippen molar-refractivity contribution in [3.63, 3.8) is 0 Å². The topological polar surface area (TPSA) is 683 Å². The molecule has 2 aliphatic rings. The second-order valence-electron chi connectivity index (χ2n) is 32.4. The van der Waals surface area contributed by atoms with E-state index in [1.165, 1.54) is 32.8 Å². The number of aryl methyl sites for hydroxylation is 2. The highest BCUT2D eigenvalue weighted by molar-refractivity contribution is 5.90. The van der Waals surface area contributed by atoms with E-state index in [0.717, 1.165) is 33.4 Å². The molecule has 2 aliphatic heterocycles. The average Bonchev–Trinajstić information content (AvgIpc) is 1.16. The summed E-state index contributed by atoms with van der Waals surface area (Å²) in [6.07, 6.45) is 12.4. The predicted octanol–water partition coefficient (Wildman–Crippen LogP) is -2.73. The molecule has 0 spiro atoms. The molecular formula is C93H129N25O26. The Hall–Kier alpha value is -12.7. The number of ether oxygens (including phenoxy) is 12. The molecule has 782 valence electrons. The number of nitrogens with zero attached hydrogens (tertiary/aromatic N) is 18. The Bertz CT molecular complexity index is 5110. The van der Waals surface area contributed by atoms with Gasteiger partial charge in [-0.25, -0.2) is 9.36 Å². The molecule has 3 aromatic carbocycles. The van der Waals surface area contributed by atoms with E-state index in [9.17, 15) is 69.0 Å². The monoisotopic (exact) mass is 2010 g/mol. The molecule has 4 unspecified atom stereocenters. The normalized spacial score (nSPS) is 17.8. The number of Topliss-reactive ketones (excluding diaryl/α,β-unsaturated/α-hetero) is 2. The van der Waals surface area contributed by atoms with Crippen molar-refractivity contribution in [2.45, 2.75) is 210 Å². The van der Waals surface area contributed by atoms with Crippen molar-refractivity contribution in [1.82, 2.24) is 123 Å². The maximum atomic E-state index is 13.7. The molecule has 0 bridgehead atoms. The molecule has 6 amide bonds. The van der Waals surface area contributed by atoms with E-state index in [-0.39, 0.29) is 179 Å². The maximum Gasteiger partial charge on any atom is 0.222 e. The number of aliphatic hydroxyl groups excluding tert-OH is 6. The van der Waals surface area contributed by atoms with Crippen LogP contribution in [-0.4, -0.2) is 374 Å². The van der Waals surface area contributed by atoms with Crippen LogP contribution in [0, 0.1) is 24.7 Å². The fourth-order valence-electron chi connectivity index (χ4n) is 13.9. The Balaban J connectivity index is 0.000000387. The minimum Gasteiger partial charge on any atom is -0.394 e. The van der Waals surface area contributed by atoms with Crippen molar-refractivity contribution in [3.05, 3.63) is 132 Å². The van der Waals surface area contributed by atoms with Crippen LogP contribution in [-0.2, 0) is 141 Å². The molecule has 12 atom stereocenters. The maximum absolute atomic E-state index is 13.7. The fourth-order valence-corrected chi connectivity index (χ4v) is 13.9. The number of hydrogen-bond donors (Lipinski definition) is 13. The SMILES string of the molecule is C#CCOCCC(=O)NCCCCC(NC(=O)CCOCC#C)C(=O)CCc1ccc(-c2nncnn2)cc1.CC(=O)N[C@H]1C(OCCOCCOCCn2cc(COCCC(=O)NCCCCC(NC(=O)CCOCc3cn(CCOCCOCCOC4O[C@H](CO)[C@H](O)[C@H](O)[C@H]4NC(C)=O)nn3)C(=O)CCc3ccc(-c4nncnn4)cc3)nn2)O[C@H](CO)[C@H](O)[C@@H]1O.NCc1ccc(-c2nncnn2)cc1. The molecule has 0 aliphatic carbocycles. The third-order valence-corrected chi connectivity index (χ3v) is 21.5. The van der Waals surface area contributed by atoms with Gasteiger partial charge in [-0.2, -0.15) is 0 Å². The first kappa shape index (κ1) is 117. The first-order valence-corrected chi connectivity index (χ1v) is 47.0. The number of terminal acetylenes is 2. The van der Waals surface area contributed by atoms with E-state index in [4.69, 9.17) is 75.4 Å². The van der Waals surface area contributed by atoms with Crippen LogP contribution in [0.2, 0.25) is 0 Å². The van der Waals surface area contributed by atoms with Crippen molar-refractivity contribution < 1.29 is 126 Å². The van der Waals surface area contributed by atoms with Gasteiger partial charge in [0.15, 0.2) is 43.1 Å². The number of rotatable bonds is 66. The van der Waals surface area contributed by atoms with Crippen molar-refractivity contribution in [2.24, 2.45) is 5.73 Å². The number of carbonyl (C=O) groups is 8. The Morgan fingerprint density at radius 2 is 0.757 bits per heavy atom. The lowest BCUT2D eigenvalue weighted by Crippen LogP contribution is -2.64. The second kappa shape index (κ2) is 68.5. The van der Waals surface area contributed by atoms with Crippen LogP contribution in [0.4, 0.5) is 0 Å². The van der Waals surface area contributed by atoms with E-state index in [1.54, 1.807) is 21.8 Å². The number of benzene rings is 3. The molecule has 51 heteroatoms. The lowest BCUT2D eigenvalue weighted by molar-refractivity contribution is -0.272. The number of carbonyl (C=O) groups excluding carboxylic acids is 8. The van der Waals surface area contributed by atoms with E-state index in [1.807, 2.05) is 72.8 Å². The molecular weight excluding hydrogens is 1880 g/mol. The van der Waals surface area contributed by atoms with Gasteiger partial charge in [0.1, 0.15) is 73.3 Å². The molecule has 0 saturated carbocycles.